The summed E-state index contributed by atoms with van der Waals surface area (Å²) in [5.41, 5.74) is 2.41. The van der Waals surface area contributed by atoms with Crippen LogP contribution in [0.2, 0.25) is 0 Å². The van der Waals surface area contributed by atoms with Crippen LogP contribution in [0.3, 0.4) is 0 Å². The first kappa shape index (κ1) is 22.7. The van der Waals surface area contributed by atoms with Crippen LogP contribution in [0.25, 0.3) is 16.3 Å². The molecule has 3 aromatic rings. The number of benzene rings is 2. The third-order valence-corrected chi connectivity index (χ3v) is 7.18. The van der Waals surface area contributed by atoms with Gasteiger partial charge in [0.1, 0.15) is 23.2 Å². The van der Waals surface area contributed by atoms with Gasteiger partial charge in [0, 0.05) is 30.2 Å². The zero-order chi connectivity index (χ0) is 20.4. The summed E-state index contributed by atoms with van der Waals surface area (Å²) >= 11 is 3.51. The van der Waals surface area contributed by atoms with E-state index in [9.17, 15) is 0 Å². The van der Waals surface area contributed by atoms with Crippen molar-refractivity contribution in [1.29, 1.82) is 0 Å². The molecule has 1 aliphatic heterocycles. The minimum absolute atomic E-state index is 0. The van der Waals surface area contributed by atoms with Crippen molar-refractivity contribution in [2.45, 2.75) is 4.90 Å². The Labute approximate surface area is 202 Å². The van der Waals surface area contributed by atoms with E-state index >= 15 is 0 Å². The first-order valence-corrected chi connectivity index (χ1v) is 10.8. The van der Waals surface area contributed by atoms with Gasteiger partial charge in [-0.25, -0.2) is 0 Å². The van der Waals surface area contributed by atoms with E-state index in [1.54, 1.807) is 37.3 Å². The number of aryl methyl sites for hydroxylation is 1. The second-order valence-electron chi connectivity index (χ2n) is 6.58. The van der Waals surface area contributed by atoms with Crippen LogP contribution in [0.15, 0.2) is 70.6 Å². The van der Waals surface area contributed by atoms with E-state index in [1.165, 1.54) is 30.8 Å². The third-order valence-electron chi connectivity index (χ3n) is 4.85. The highest BCUT2D eigenvalue weighted by Crippen LogP contribution is 2.46. The summed E-state index contributed by atoms with van der Waals surface area (Å²) in [7, 11) is 7.58. The Kier molecular flexibility index (Phi) is 7.49. The fourth-order valence-electron chi connectivity index (χ4n) is 3.19. The maximum absolute atomic E-state index is 5.33. The highest BCUT2D eigenvalue weighted by atomic mass is 127. The molecule has 0 saturated heterocycles. The Morgan fingerprint density at radius 2 is 1.70 bits per heavy atom. The highest BCUT2D eigenvalue weighted by Gasteiger charge is 2.21. The van der Waals surface area contributed by atoms with Crippen LogP contribution >= 0.6 is 23.1 Å². The van der Waals surface area contributed by atoms with E-state index in [0.29, 0.717) is 0 Å². The van der Waals surface area contributed by atoms with Gasteiger partial charge in [-0.05, 0) is 30.3 Å². The van der Waals surface area contributed by atoms with Crippen molar-refractivity contribution in [3.8, 4) is 11.5 Å². The molecule has 0 spiro atoms. The Bertz CT molecular complexity index is 1150. The molecule has 1 aliphatic rings. The summed E-state index contributed by atoms with van der Waals surface area (Å²) in [6, 6.07) is 12.4. The molecule has 1 aromatic heterocycles. The van der Waals surface area contributed by atoms with Gasteiger partial charge < -0.3 is 38.4 Å². The van der Waals surface area contributed by atoms with Crippen molar-refractivity contribution in [1.82, 2.24) is 0 Å². The first-order valence-electron chi connectivity index (χ1n) is 9.22. The molecule has 0 atom stereocenters. The Hall–Kier alpha value is -1.97. The van der Waals surface area contributed by atoms with Crippen LogP contribution in [0, 0.1) is 0 Å². The predicted octanol–water partition coefficient (Wildman–Crippen LogP) is 2.40. The topological polar surface area (TPSA) is 25.6 Å². The average Bonchev–Trinajstić information content (AvgIpc) is 3.23. The van der Waals surface area contributed by atoms with E-state index in [1.807, 2.05) is 12.1 Å². The van der Waals surface area contributed by atoms with Gasteiger partial charge in [0.15, 0.2) is 0 Å². The monoisotopic (exact) mass is 550 g/mol. The minimum Gasteiger partial charge on any atom is -1.00 e. The minimum atomic E-state index is 0. The number of ether oxygens (including phenoxy) is 2. The number of hydrogen-bond acceptors (Lipinski definition) is 5. The summed E-state index contributed by atoms with van der Waals surface area (Å²) in [6.45, 7) is 0. The second kappa shape index (κ2) is 9.89. The lowest BCUT2D eigenvalue weighted by Gasteiger charge is -2.12. The number of nitrogens with zero attached hydrogens (tertiary/aromatic N) is 2. The molecule has 0 radical (unpaired) electrons. The standard InChI is InChI=1S/C23H23N2O2S2.HI/c1-24-18-12-10-16(26-3)14-20(18)28-22(24)8-6-5-7-9-23-25(2)19-13-11-17(27-4)15-21(19)29-23;/h5-15H,1-4H3;1H/q+1;/p-1. The van der Waals surface area contributed by atoms with Gasteiger partial charge in [0.25, 0.3) is 5.01 Å². The average molecular weight is 550 g/mol. The lowest BCUT2D eigenvalue weighted by molar-refractivity contribution is -0.642. The van der Waals surface area contributed by atoms with Crippen molar-refractivity contribution in [2.75, 3.05) is 26.2 Å². The molecule has 2 heterocycles. The number of anilines is 1. The molecule has 7 heteroatoms. The molecule has 4 nitrogen and oxygen atoms in total. The van der Waals surface area contributed by atoms with Crippen LogP contribution in [0.4, 0.5) is 5.69 Å². The fraction of sp³-hybridized carbons (Fsp3) is 0.174. The van der Waals surface area contributed by atoms with Gasteiger partial charge in [0.2, 0.25) is 5.52 Å². The number of thioether (sulfide) groups is 1. The highest BCUT2D eigenvalue weighted by molar-refractivity contribution is 8.03. The number of thiazole rings is 1. The van der Waals surface area contributed by atoms with E-state index in [-0.39, 0.29) is 24.0 Å². The predicted molar refractivity (Wildman–Crippen MR) is 123 cm³/mol. The number of rotatable bonds is 5. The summed E-state index contributed by atoms with van der Waals surface area (Å²) in [6.07, 6.45) is 10.5. The van der Waals surface area contributed by atoms with Gasteiger partial charge in [-0.1, -0.05) is 41.3 Å². The van der Waals surface area contributed by atoms with Crippen molar-refractivity contribution >= 4 is 45.1 Å². The van der Waals surface area contributed by atoms with Crippen molar-refractivity contribution < 1.29 is 38.0 Å². The Morgan fingerprint density at radius 1 is 0.967 bits per heavy atom. The van der Waals surface area contributed by atoms with Gasteiger partial charge in [-0.3, -0.25) is 0 Å². The molecule has 0 unspecified atom stereocenters. The van der Waals surface area contributed by atoms with Crippen LogP contribution in [0.1, 0.15) is 5.01 Å². The molecule has 2 aromatic carbocycles. The number of aromatic nitrogens is 1. The first-order chi connectivity index (χ1) is 14.1. The van der Waals surface area contributed by atoms with Crippen LogP contribution < -0.4 is 42.9 Å². The van der Waals surface area contributed by atoms with E-state index in [2.05, 4.69) is 78.2 Å². The molecule has 30 heavy (non-hydrogen) atoms. The smallest absolute Gasteiger partial charge is 0.262 e. The Balaban J connectivity index is 0.00000256. The second-order valence-corrected chi connectivity index (χ2v) is 8.70. The summed E-state index contributed by atoms with van der Waals surface area (Å²) < 4.78 is 14.1. The molecule has 0 amide bonds. The molecule has 156 valence electrons. The molecule has 0 fully saturated rings. The zero-order valence-electron chi connectivity index (χ0n) is 17.3. The van der Waals surface area contributed by atoms with Crippen molar-refractivity contribution in [3.05, 3.63) is 70.7 Å². The van der Waals surface area contributed by atoms with E-state index < -0.39 is 0 Å². The Morgan fingerprint density at radius 3 is 2.47 bits per heavy atom. The van der Waals surface area contributed by atoms with E-state index in [0.717, 1.165) is 11.5 Å². The maximum Gasteiger partial charge on any atom is 0.262 e. The number of fused-ring (bicyclic) bond motifs is 2. The van der Waals surface area contributed by atoms with Crippen LogP contribution in [-0.4, -0.2) is 21.3 Å². The maximum atomic E-state index is 5.33. The normalized spacial score (nSPS) is 14.7. The summed E-state index contributed by atoms with van der Waals surface area (Å²) in [4.78, 5) is 3.42. The lowest BCUT2D eigenvalue weighted by Crippen LogP contribution is -3.00. The molecule has 0 aliphatic carbocycles. The van der Waals surface area contributed by atoms with Gasteiger partial charge in [0.05, 0.1) is 24.9 Å². The third kappa shape index (κ3) is 4.53. The van der Waals surface area contributed by atoms with Gasteiger partial charge >= 0.3 is 0 Å². The van der Waals surface area contributed by atoms with Crippen LogP contribution in [0.5, 0.6) is 11.5 Å². The largest absolute Gasteiger partial charge is 1.00 e. The number of halogens is 1. The van der Waals surface area contributed by atoms with Crippen LogP contribution in [-0.2, 0) is 7.05 Å². The zero-order valence-corrected chi connectivity index (χ0v) is 21.0. The van der Waals surface area contributed by atoms with Crippen molar-refractivity contribution in [3.63, 3.8) is 0 Å². The van der Waals surface area contributed by atoms with E-state index in [4.69, 9.17) is 9.47 Å². The quantitative estimate of drug-likeness (QED) is 0.277. The molecule has 0 bridgehead atoms. The lowest BCUT2D eigenvalue weighted by atomic mass is 10.3. The number of allylic oxidation sites excluding steroid dienone is 4. The molecule has 0 N–H and O–H groups in total. The molecule has 0 saturated carbocycles. The van der Waals surface area contributed by atoms with Gasteiger partial charge in [-0.2, -0.15) is 4.57 Å². The number of hydrogen-bond donors (Lipinski definition) is 0. The SMILES string of the molecule is COc1ccc2c(c1)SC(=CC=CC=Cc1sc3cc(OC)ccc3[n+]1C)N2C.[I-]. The number of methoxy groups -OCH3 is 2. The molecular formula is C23H23IN2O2S2. The summed E-state index contributed by atoms with van der Waals surface area (Å²) in [5.74, 6) is 1.77. The molecule has 4 rings (SSSR count). The van der Waals surface area contributed by atoms with Crippen molar-refractivity contribution in [2.24, 2.45) is 7.05 Å². The fourth-order valence-corrected chi connectivity index (χ4v) is 5.38. The summed E-state index contributed by atoms with van der Waals surface area (Å²) in [5, 5.41) is 2.38. The van der Waals surface area contributed by atoms with Gasteiger partial charge in [-0.15, -0.1) is 0 Å². The molecular weight excluding hydrogens is 527 g/mol.